The van der Waals surface area contributed by atoms with Crippen molar-refractivity contribution in [3.05, 3.63) is 391 Å². The summed E-state index contributed by atoms with van der Waals surface area (Å²) in [7, 11) is 0. The Morgan fingerprint density at radius 3 is 0.874 bits per heavy atom. The Labute approximate surface area is 606 Å². The van der Waals surface area contributed by atoms with E-state index in [9.17, 15) is 0 Å². The summed E-state index contributed by atoms with van der Waals surface area (Å²) >= 11 is 0. The molecule has 494 valence electrons. The molecule has 15 aromatic rings. The minimum absolute atomic E-state index is 0.0875. The van der Waals surface area contributed by atoms with E-state index in [4.69, 9.17) is 0 Å². The highest BCUT2D eigenvalue weighted by atomic mass is 15.3. The third kappa shape index (κ3) is 11.1. The van der Waals surface area contributed by atoms with Crippen molar-refractivity contribution in [3.8, 4) is 89.0 Å². The normalized spacial score (nSPS) is 13.0. The Balaban J connectivity index is 1.03. The van der Waals surface area contributed by atoms with Crippen LogP contribution in [-0.4, -0.2) is 0 Å². The summed E-state index contributed by atoms with van der Waals surface area (Å²) in [4.78, 5) is 8.04. The molecule has 0 atom stereocenters. The first kappa shape index (κ1) is 62.9. The van der Waals surface area contributed by atoms with Gasteiger partial charge in [0.1, 0.15) is 0 Å². The van der Waals surface area contributed by atoms with Crippen molar-refractivity contribution in [2.75, 3.05) is 14.7 Å². The van der Waals surface area contributed by atoms with Crippen LogP contribution in [-0.2, 0) is 17.3 Å². The van der Waals surface area contributed by atoms with Gasteiger partial charge in [-0.15, -0.1) is 0 Å². The zero-order valence-corrected chi connectivity index (χ0v) is 59.1. The molecule has 15 aromatic carbocycles. The van der Waals surface area contributed by atoms with Crippen molar-refractivity contribution < 1.29 is 0 Å². The van der Waals surface area contributed by atoms with Gasteiger partial charge < -0.3 is 14.7 Å². The van der Waals surface area contributed by atoms with Crippen molar-refractivity contribution >= 4 is 51.2 Å². The molecular formula is C100H79N3. The van der Waals surface area contributed by atoms with E-state index in [0.717, 1.165) is 113 Å². The molecule has 2 aliphatic heterocycles. The number of hydrogen-bond donors (Lipinski definition) is 0. The molecule has 0 amide bonds. The van der Waals surface area contributed by atoms with E-state index in [1.54, 1.807) is 0 Å². The van der Waals surface area contributed by atoms with E-state index in [2.05, 4.69) is 408 Å². The standard InChI is InChI=1S/C100H79N3/c1-99(2,3)77-53-55-79(87(64-77)70-39-21-11-22-40-70)74-51-57-89-91(60-74)103-92-61-75(80-56-54-78(100(4,5)6)65-88(80)71-41-23-12-24-42-71)52-58-90(92)102(97-85(68-35-17-9-18-36-68)49-30-50-86(97)69-37-19-10-20-38-69)94-63-76(95-81-45-27-25-43-72(81)59-73-44-26-28-46-82(73)95)62-93(98(94)103)101(89)96-83(66-31-13-7-14-32-66)47-29-48-84(96)67-33-15-8-16-34-67/h7-58,60-65,95H,59H2,1-6H3. The Hall–Kier alpha value is -12.3. The van der Waals surface area contributed by atoms with Crippen LogP contribution < -0.4 is 14.7 Å². The summed E-state index contributed by atoms with van der Waals surface area (Å²) in [6.45, 7) is 13.9. The van der Waals surface area contributed by atoms with Crippen LogP contribution in [0.4, 0.5) is 51.2 Å². The SMILES string of the molecule is CC(C)(C)c1ccc(-c2ccc3c(c2)N2c4cc(-c5ccc(C(C)(C)C)cc5-c5ccccc5)ccc4N(c4c(-c5ccccc5)cccc4-c4ccccc4)c4cc(C5c6ccccc6Cc6ccccc65)cc(c42)N3c2c(-c3ccccc3)cccc2-c2ccccc2)c(-c2ccccc2)c1. The monoisotopic (exact) mass is 1320 g/mol. The van der Waals surface area contributed by atoms with Gasteiger partial charge in [0, 0.05) is 28.2 Å². The Morgan fingerprint density at radius 1 is 0.223 bits per heavy atom. The van der Waals surface area contributed by atoms with Crippen LogP contribution in [0, 0.1) is 0 Å². The second-order valence-corrected chi connectivity index (χ2v) is 29.9. The van der Waals surface area contributed by atoms with Crippen LogP contribution in [0.5, 0.6) is 0 Å². The minimum atomic E-state index is -0.122. The smallest absolute Gasteiger partial charge is 0.0948 e. The lowest BCUT2D eigenvalue weighted by Crippen LogP contribution is -2.31. The maximum Gasteiger partial charge on any atom is 0.0948 e. The molecule has 0 spiro atoms. The molecule has 0 bridgehead atoms. The van der Waals surface area contributed by atoms with Gasteiger partial charge in [-0.3, -0.25) is 0 Å². The van der Waals surface area contributed by atoms with Gasteiger partial charge in [0.05, 0.1) is 51.2 Å². The van der Waals surface area contributed by atoms with Crippen LogP contribution >= 0.6 is 0 Å². The van der Waals surface area contributed by atoms with Crippen molar-refractivity contribution in [2.45, 2.75) is 64.7 Å². The van der Waals surface area contributed by atoms with Gasteiger partial charge in [-0.1, -0.05) is 357 Å². The summed E-state index contributed by atoms with van der Waals surface area (Å²) in [6.07, 6.45) is 0.865. The molecule has 18 rings (SSSR count). The van der Waals surface area contributed by atoms with Gasteiger partial charge in [0.2, 0.25) is 0 Å². The number of fused-ring (bicyclic) bond motifs is 6. The van der Waals surface area contributed by atoms with Gasteiger partial charge in [0.25, 0.3) is 0 Å². The number of hydrogen-bond acceptors (Lipinski definition) is 3. The maximum absolute atomic E-state index is 2.68. The van der Waals surface area contributed by atoms with Crippen molar-refractivity contribution in [1.82, 2.24) is 0 Å². The number of para-hydroxylation sites is 2. The molecule has 0 N–H and O–H groups in total. The molecule has 0 radical (unpaired) electrons. The first-order valence-electron chi connectivity index (χ1n) is 36.3. The van der Waals surface area contributed by atoms with Gasteiger partial charge in [-0.25, -0.2) is 0 Å². The average molecular weight is 1320 g/mol. The molecule has 2 heterocycles. The molecule has 0 saturated carbocycles. The lowest BCUT2D eigenvalue weighted by molar-refractivity contribution is 0.590. The maximum atomic E-state index is 2.68. The van der Waals surface area contributed by atoms with Crippen LogP contribution in [0.2, 0.25) is 0 Å². The van der Waals surface area contributed by atoms with E-state index in [0.29, 0.717) is 0 Å². The fraction of sp³-hybridized carbons (Fsp3) is 0.100. The van der Waals surface area contributed by atoms with Crippen molar-refractivity contribution in [2.24, 2.45) is 0 Å². The summed E-state index contributed by atoms with van der Waals surface area (Å²) < 4.78 is 0. The highest BCUT2D eigenvalue weighted by Crippen LogP contribution is 2.68. The third-order valence-corrected chi connectivity index (χ3v) is 21.6. The average Bonchev–Trinajstić information content (AvgIpc) is 0.686. The lowest BCUT2D eigenvalue weighted by Gasteiger charge is -2.49. The second kappa shape index (κ2) is 25.4. The van der Waals surface area contributed by atoms with Crippen molar-refractivity contribution in [3.63, 3.8) is 0 Å². The minimum Gasteiger partial charge on any atom is -0.305 e. The van der Waals surface area contributed by atoms with Crippen LogP contribution in [0.25, 0.3) is 89.0 Å². The van der Waals surface area contributed by atoms with Gasteiger partial charge >= 0.3 is 0 Å². The summed E-state index contributed by atoms with van der Waals surface area (Å²) in [5.41, 5.74) is 37.1. The highest BCUT2D eigenvalue weighted by molar-refractivity contribution is 6.17. The molecule has 1 aliphatic carbocycles. The fourth-order valence-corrected chi connectivity index (χ4v) is 16.5. The number of anilines is 9. The predicted octanol–water partition coefficient (Wildman–Crippen LogP) is 27.7. The largest absolute Gasteiger partial charge is 0.305 e. The molecule has 0 fully saturated rings. The van der Waals surface area contributed by atoms with E-state index in [-0.39, 0.29) is 16.7 Å². The van der Waals surface area contributed by atoms with Gasteiger partial charge in [-0.2, -0.15) is 0 Å². The van der Waals surface area contributed by atoms with Crippen molar-refractivity contribution in [1.29, 1.82) is 0 Å². The Bertz CT molecular complexity index is 5260. The molecule has 0 unspecified atom stereocenters. The fourth-order valence-electron chi connectivity index (χ4n) is 16.5. The third-order valence-electron chi connectivity index (χ3n) is 21.6. The number of benzene rings is 15. The topological polar surface area (TPSA) is 9.72 Å². The van der Waals surface area contributed by atoms with Crippen LogP contribution in [0.15, 0.2) is 352 Å². The van der Waals surface area contributed by atoms with E-state index in [1.165, 1.54) is 72.3 Å². The molecule has 3 nitrogen and oxygen atoms in total. The Morgan fingerprint density at radius 2 is 0.534 bits per heavy atom. The first-order valence-corrected chi connectivity index (χ1v) is 36.3. The Kier molecular flexibility index (Phi) is 15.5. The van der Waals surface area contributed by atoms with E-state index >= 15 is 0 Å². The molecule has 0 saturated heterocycles. The highest BCUT2D eigenvalue weighted by Gasteiger charge is 2.44. The summed E-state index contributed by atoms with van der Waals surface area (Å²) in [5, 5.41) is 0. The zero-order chi connectivity index (χ0) is 69.5. The summed E-state index contributed by atoms with van der Waals surface area (Å²) in [5.74, 6) is -0.122. The number of nitrogens with zero attached hydrogens (tertiary/aromatic N) is 3. The molecular weight excluding hydrogens is 1240 g/mol. The molecule has 3 heteroatoms. The lowest BCUT2D eigenvalue weighted by atomic mass is 9.74. The first-order chi connectivity index (χ1) is 50.4. The van der Waals surface area contributed by atoms with E-state index in [1.807, 2.05) is 0 Å². The predicted molar refractivity (Wildman–Crippen MR) is 435 cm³/mol. The van der Waals surface area contributed by atoms with Gasteiger partial charge in [0.15, 0.2) is 0 Å². The summed E-state index contributed by atoms with van der Waals surface area (Å²) in [6, 6.07) is 133. The molecule has 3 aliphatic rings. The second-order valence-electron chi connectivity index (χ2n) is 29.9. The molecule has 0 aromatic heterocycles. The van der Waals surface area contributed by atoms with Gasteiger partial charge in [-0.05, 0) is 159 Å². The van der Waals surface area contributed by atoms with E-state index < -0.39 is 0 Å². The van der Waals surface area contributed by atoms with Crippen LogP contribution in [0.1, 0.15) is 86.4 Å². The van der Waals surface area contributed by atoms with Crippen LogP contribution in [0.3, 0.4) is 0 Å². The molecule has 103 heavy (non-hydrogen) atoms. The quantitative estimate of drug-likeness (QED) is 0.128. The zero-order valence-electron chi connectivity index (χ0n) is 59.1. The number of rotatable bonds is 11.